The summed E-state index contributed by atoms with van der Waals surface area (Å²) >= 11 is 5.74. The van der Waals surface area contributed by atoms with Gasteiger partial charge in [-0.1, -0.05) is 17.7 Å². The first kappa shape index (κ1) is 12.3. The lowest BCUT2D eigenvalue weighted by atomic mass is 10.3. The summed E-state index contributed by atoms with van der Waals surface area (Å²) in [5.41, 5.74) is -0.421. The van der Waals surface area contributed by atoms with Gasteiger partial charge in [0.05, 0.1) is 23.4 Å². The molecule has 0 radical (unpaired) electrons. The molecular formula is C11H8ClN3O3. The average molecular weight is 266 g/mol. The molecule has 2 rings (SSSR count). The van der Waals surface area contributed by atoms with Crippen LogP contribution < -0.4 is 5.43 Å². The Balaban J connectivity index is 2.33. The summed E-state index contributed by atoms with van der Waals surface area (Å²) in [6, 6.07) is 6.28. The summed E-state index contributed by atoms with van der Waals surface area (Å²) in [6.45, 7) is 0.307. The second-order valence-electron chi connectivity index (χ2n) is 3.58. The lowest BCUT2D eigenvalue weighted by molar-refractivity contribution is -0.386. The molecule has 0 fully saturated rings. The highest BCUT2D eigenvalue weighted by Crippen LogP contribution is 2.08. The van der Waals surface area contributed by atoms with E-state index in [1.165, 1.54) is 17.0 Å². The fraction of sp³-hybridized carbons (Fsp3) is 0.0909. The molecule has 0 saturated heterocycles. The van der Waals surface area contributed by atoms with Gasteiger partial charge >= 0.3 is 5.69 Å². The van der Waals surface area contributed by atoms with Gasteiger partial charge in [-0.3, -0.25) is 14.9 Å². The number of nitro groups is 1. The standard InChI is InChI=1S/C11H8ClN3O3/c12-11-3-1-2-8(13-11)6-14-5-4-10(16)9(7-14)15(17)18/h1-5,7H,6H2. The lowest BCUT2D eigenvalue weighted by Gasteiger charge is -2.05. The van der Waals surface area contributed by atoms with E-state index >= 15 is 0 Å². The fourth-order valence-electron chi connectivity index (χ4n) is 1.47. The van der Waals surface area contributed by atoms with Crippen LogP contribution in [0.5, 0.6) is 0 Å². The molecular weight excluding hydrogens is 258 g/mol. The van der Waals surface area contributed by atoms with E-state index in [-0.39, 0.29) is 0 Å². The predicted octanol–water partition coefficient (Wildman–Crippen LogP) is 1.85. The largest absolute Gasteiger partial charge is 0.342 e. The minimum absolute atomic E-state index is 0.307. The summed E-state index contributed by atoms with van der Waals surface area (Å²) in [5, 5.41) is 11.0. The quantitative estimate of drug-likeness (QED) is 0.482. The van der Waals surface area contributed by atoms with Crippen LogP contribution in [-0.2, 0) is 6.54 Å². The molecule has 0 saturated carbocycles. The zero-order valence-electron chi connectivity index (χ0n) is 9.12. The second kappa shape index (κ2) is 4.97. The van der Waals surface area contributed by atoms with Gasteiger partial charge in [0.25, 0.3) is 5.43 Å². The molecule has 0 aliphatic carbocycles. The molecule has 2 heterocycles. The number of nitrogens with zero attached hydrogens (tertiary/aromatic N) is 3. The van der Waals surface area contributed by atoms with Crippen LogP contribution in [0.25, 0.3) is 0 Å². The zero-order chi connectivity index (χ0) is 13.1. The topological polar surface area (TPSA) is 78.0 Å². The van der Waals surface area contributed by atoms with Gasteiger partial charge in [0, 0.05) is 12.3 Å². The number of aromatic nitrogens is 2. The first-order valence-electron chi connectivity index (χ1n) is 5.02. The summed E-state index contributed by atoms with van der Waals surface area (Å²) in [4.78, 5) is 25.2. The maximum Gasteiger partial charge on any atom is 0.332 e. The smallest absolute Gasteiger partial charge is 0.332 e. The van der Waals surface area contributed by atoms with Gasteiger partial charge in [-0.05, 0) is 12.1 Å². The van der Waals surface area contributed by atoms with Crippen molar-refractivity contribution in [3.05, 3.63) is 67.8 Å². The van der Waals surface area contributed by atoms with Crippen molar-refractivity contribution in [1.82, 2.24) is 9.55 Å². The van der Waals surface area contributed by atoms with Crippen molar-refractivity contribution in [2.24, 2.45) is 0 Å². The third-order valence-corrected chi connectivity index (χ3v) is 2.48. The van der Waals surface area contributed by atoms with Crippen LogP contribution in [0.3, 0.4) is 0 Å². The predicted molar refractivity (Wildman–Crippen MR) is 65.7 cm³/mol. The molecule has 18 heavy (non-hydrogen) atoms. The van der Waals surface area contributed by atoms with Crippen LogP contribution in [-0.4, -0.2) is 14.5 Å². The highest BCUT2D eigenvalue weighted by atomic mass is 35.5. The average Bonchev–Trinajstić information content (AvgIpc) is 2.31. The van der Waals surface area contributed by atoms with Crippen molar-refractivity contribution in [1.29, 1.82) is 0 Å². The second-order valence-corrected chi connectivity index (χ2v) is 3.96. The zero-order valence-corrected chi connectivity index (χ0v) is 9.87. The summed E-state index contributed by atoms with van der Waals surface area (Å²) in [7, 11) is 0. The van der Waals surface area contributed by atoms with Crippen LogP contribution in [0.4, 0.5) is 5.69 Å². The van der Waals surface area contributed by atoms with E-state index < -0.39 is 16.0 Å². The van der Waals surface area contributed by atoms with Crippen molar-refractivity contribution >= 4 is 17.3 Å². The molecule has 7 heteroatoms. The number of halogens is 1. The molecule has 0 unspecified atom stereocenters. The molecule has 0 amide bonds. The Labute approximate surface area is 107 Å². The fourth-order valence-corrected chi connectivity index (χ4v) is 1.65. The van der Waals surface area contributed by atoms with Crippen molar-refractivity contribution in [2.75, 3.05) is 0 Å². The maximum absolute atomic E-state index is 11.2. The summed E-state index contributed by atoms with van der Waals surface area (Å²) < 4.78 is 1.51. The normalized spacial score (nSPS) is 10.3. The molecule has 0 aliphatic heterocycles. The van der Waals surface area contributed by atoms with Crippen molar-refractivity contribution in [3.8, 4) is 0 Å². The third kappa shape index (κ3) is 2.72. The molecule has 2 aromatic rings. The van der Waals surface area contributed by atoms with E-state index in [0.29, 0.717) is 17.4 Å². The number of rotatable bonds is 3. The number of hydrogen-bond donors (Lipinski definition) is 0. The summed E-state index contributed by atoms with van der Waals surface area (Å²) in [5.74, 6) is 0. The van der Waals surface area contributed by atoms with Crippen molar-refractivity contribution in [2.45, 2.75) is 6.54 Å². The molecule has 6 nitrogen and oxygen atoms in total. The van der Waals surface area contributed by atoms with Gasteiger partial charge in [-0.2, -0.15) is 0 Å². The molecule has 0 aromatic carbocycles. The van der Waals surface area contributed by atoms with Crippen molar-refractivity contribution < 1.29 is 4.92 Å². The first-order valence-corrected chi connectivity index (χ1v) is 5.40. The van der Waals surface area contributed by atoms with Crippen molar-refractivity contribution in [3.63, 3.8) is 0 Å². The molecule has 0 spiro atoms. The van der Waals surface area contributed by atoms with E-state index in [4.69, 9.17) is 11.6 Å². The van der Waals surface area contributed by atoms with Gasteiger partial charge in [0.2, 0.25) is 0 Å². The van der Waals surface area contributed by atoms with Gasteiger partial charge in [0.15, 0.2) is 0 Å². The Morgan fingerprint density at radius 3 is 2.83 bits per heavy atom. The van der Waals surface area contributed by atoms with Crippen LogP contribution in [0, 0.1) is 10.1 Å². The Morgan fingerprint density at radius 2 is 2.17 bits per heavy atom. The van der Waals surface area contributed by atoms with Crippen LogP contribution in [0.2, 0.25) is 5.15 Å². The molecule has 0 N–H and O–H groups in total. The molecule has 0 bridgehead atoms. The monoisotopic (exact) mass is 265 g/mol. The summed E-state index contributed by atoms with van der Waals surface area (Å²) in [6.07, 6.45) is 2.66. The molecule has 92 valence electrons. The van der Waals surface area contributed by atoms with Gasteiger partial charge < -0.3 is 4.57 Å². The first-order chi connectivity index (χ1) is 8.56. The van der Waals surface area contributed by atoms with Crippen LogP contribution in [0.1, 0.15) is 5.69 Å². The van der Waals surface area contributed by atoms with E-state index in [2.05, 4.69) is 4.98 Å². The van der Waals surface area contributed by atoms with E-state index in [1.54, 1.807) is 18.2 Å². The van der Waals surface area contributed by atoms with Crippen LogP contribution in [0.15, 0.2) is 41.5 Å². The highest BCUT2D eigenvalue weighted by molar-refractivity contribution is 6.29. The maximum atomic E-state index is 11.2. The Kier molecular flexibility index (Phi) is 3.38. The number of hydrogen-bond acceptors (Lipinski definition) is 4. The van der Waals surface area contributed by atoms with E-state index in [9.17, 15) is 14.9 Å². The van der Waals surface area contributed by atoms with Gasteiger partial charge in [-0.25, -0.2) is 4.98 Å². The Hall–Kier alpha value is -2.21. The Bertz CT molecular complexity index is 654. The molecule has 2 aromatic heterocycles. The SMILES string of the molecule is O=c1ccn(Cc2cccc(Cl)n2)cc1[N+](=O)[O-]. The lowest BCUT2D eigenvalue weighted by Crippen LogP contribution is -2.11. The highest BCUT2D eigenvalue weighted by Gasteiger charge is 2.11. The van der Waals surface area contributed by atoms with Gasteiger partial charge in [-0.15, -0.1) is 0 Å². The van der Waals surface area contributed by atoms with E-state index in [0.717, 1.165) is 6.07 Å². The molecule has 0 aliphatic rings. The Morgan fingerprint density at radius 1 is 1.39 bits per heavy atom. The molecule has 0 atom stereocenters. The minimum atomic E-state index is -0.704. The number of pyridine rings is 2. The minimum Gasteiger partial charge on any atom is -0.342 e. The van der Waals surface area contributed by atoms with Crippen LogP contribution >= 0.6 is 11.6 Å². The third-order valence-electron chi connectivity index (χ3n) is 2.27. The van der Waals surface area contributed by atoms with Gasteiger partial charge in [0.1, 0.15) is 5.15 Å². The van der Waals surface area contributed by atoms with E-state index in [1.807, 2.05) is 0 Å².